The number of rotatable bonds is 5. The number of carbonyl (C=O) groups excluding carboxylic acids is 1. The van der Waals surface area contributed by atoms with Crippen LogP contribution in [0.2, 0.25) is 0 Å². The van der Waals surface area contributed by atoms with Crippen molar-refractivity contribution in [3.63, 3.8) is 0 Å². The quantitative estimate of drug-likeness (QED) is 0.682. The first kappa shape index (κ1) is 18.4. The van der Waals surface area contributed by atoms with E-state index in [1.807, 2.05) is 67.7 Å². The molecule has 146 valence electrons. The van der Waals surface area contributed by atoms with Gasteiger partial charge in [0.25, 0.3) is 5.91 Å². The number of hydrogen-bond acceptors (Lipinski definition) is 4. The standard InChI is InChI=1S/C21H26N6O/c1-17-22-8-9-26(17)13-10-25-11-14-27(15-12-25)21(28)20-16-19(23-24(20)2)18-6-4-3-5-7-18/h3-9,16H,10-15H2,1-2H3. The molecular weight excluding hydrogens is 352 g/mol. The number of imidazole rings is 1. The van der Waals surface area contributed by atoms with Crippen LogP contribution in [0.4, 0.5) is 0 Å². The Labute approximate surface area is 165 Å². The van der Waals surface area contributed by atoms with Crippen LogP contribution in [0.25, 0.3) is 11.3 Å². The van der Waals surface area contributed by atoms with E-state index < -0.39 is 0 Å². The van der Waals surface area contributed by atoms with Gasteiger partial charge in [-0.15, -0.1) is 0 Å². The summed E-state index contributed by atoms with van der Waals surface area (Å²) in [4.78, 5) is 21.6. The summed E-state index contributed by atoms with van der Waals surface area (Å²) < 4.78 is 3.86. The first-order valence-corrected chi connectivity index (χ1v) is 9.70. The molecule has 1 fully saturated rings. The van der Waals surface area contributed by atoms with Gasteiger partial charge in [0.15, 0.2) is 0 Å². The molecule has 0 unspecified atom stereocenters. The molecule has 0 saturated carbocycles. The molecule has 1 saturated heterocycles. The van der Waals surface area contributed by atoms with Crippen molar-refractivity contribution < 1.29 is 4.79 Å². The van der Waals surface area contributed by atoms with Crippen LogP contribution in [0.15, 0.2) is 48.8 Å². The molecule has 0 atom stereocenters. The lowest BCUT2D eigenvalue weighted by molar-refractivity contribution is 0.0622. The van der Waals surface area contributed by atoms with Crippen LogP contribution in [-0.4, -0.2) is 67.8 Å². The van der Waals surface area contributed by atoms with Crippen molar-refractivity contribution in [3.8, 4) is 11.3 Å². The lowest BCUT2D eigenvalue weighted by Gasteiger charge is -2.34. The van der Waals surface area contributed by atoms with Crippen molar-refractivity contribution in [2.45, 2.75) is 13.5 Å². The monoisotopic (exact) mass is 378 g/mol. The number of amides is 1. The highest BCUT2D eigenvalue weighted by atomic mass is 16.2. The zero-order chi connectivity index (χ0) is 19.5. The van der Waals surface area contributed by atoms with E-state index in [9.17, 15) is 4.79 Å². The Kier molecular flexibility index (Phi) is 5.25. The van der Waals surface area contributed by atoms with Gasteiger partial charge in [0, 0.05) is 64.3 Å². The van der Waals surface area contributed by atoms with Crippen LogP contribution in [0.1, 0.15) is 16.3 Å². The third-order valence-electron chi connectivity index (χ3n) is 5.41. The number of benzene rings is 1. The molecule has 28 heavy (non-hydrogen) atoms. The van der Waals surface area contributed by atoms with Gasteiger partial charge in [-0.3, -0.25) is 14.4 Å². The third-order valence-corrected chi connectivity index (χ3v) is 5.41. The summed E-state index contributed by atoms with van der Waals surface area (Å²) in [7, 11) is 1.84. The molecule has 0 N–H and O–H groups in total. The van der Waals surface area contributed by atoms with E-state index in [1.165, 1.54) is 0 Å². The smallest absolute Gasteiger partial charge is 0.272 e. The van der Waals surface area contributed by atoms with Gasteiger partial charge in [-0.2, -0.15) is 5.10 Å². The van der Waals surface area contributed by atoms with Crippen molar-refractivity contribution >= 4 is 5.91 Å². The molecule has 0 aliphatic carbocycles. The third kappa shape index (κ3) is 3.84. The zero-order valence-electron chi connectivity index (χ0n) is 16.5. The molecule has 0 bridgehead atoms. The Bertz CT molecular complexity index is 937. The highest BCUT2D eigenvalue weighted by molar-refractivity contribution is 5.93. The molecule has 1 aliphatic heterocycles. The van der Waals surface area contributed by atoms with E-state index in [0.29, 0.717) is 5.69 Å². The number of piperazine rings is 1. The molecule has 0 radical (unpaired) electrons. The van der Waals surface area contributed by atoms with E-state index in [0.717, 1.165) is 56.4 Å². The van der Waals surface area contributed by atoms with Crippen LogP contribution in [-0.2, 0) is 13.6 Å². The van der Waals surface area contributed by atoms with Gasteiger partial charge in [-0.25, -0.2) is 4.98 Å². The van der Waals surface area contributed by atoms with Gasteiger partial charge in [0.2, 0.25) is 0 Å². The molecule has 1 aromatic carbocycles. The molecular formula is C21H26N6O. The first-order chi connectivity index (χ1) is 13.6. The Hall–Kier alpha value is -2.93. The SMILES string of the molecule is Cc1nccn1CCN1CCN(C(=O)c2cc(-c3ccccc3)nn2C)CC1. The molecule has 4 rings (SSSR count). The van der Waals surface area contributed by atoms with Crippen LogP contribution in [0, 0.1) is 6.92 Å². The first-order valence-electron chi connectivity index (χ1n) is 9.70. The van der Waals surface area contributed by atoms with E-state index in [-0.39, 0.29) is 5.91 Å². The summed E-state index contributed by atoms with van der Waals surface area (Å²) in [6.07, 6.45) is 3.85. The Morgan fingerprint density at radius 1 is 1.07 bits per heavy atom. The van der Waals surface area contributed by atoms with Crippen molar-refractivity contribution in [1.29, 1.82) is 0 Å². The number of nitrogens with zero attached hydrogens (tertiary/aromatic N) is 6. The second-order valence-electron chi connectivity index (χ2n) is 7.21. The van der Waals surface area contributed by atoms with E-state index in [4.69, 9.17) is 0 Å². The fourth-order valence-electron chi connectivity index (χ4n) is 3.64. The maximum atomic E-state index is 13.0. The summed E-state index contributed by atoms with van der Waals surface area (Å²) >= 11 is 0. The predicted octanol–water partition coefficient (Wildman–Crippen LogP) is 2.05. The lowest BCUT2D eigenvalue weighted by atomic mass is 10.1. The normalized spacial score (nSPS) is 15.1. The molecule has 1 amide bonds. The van der Waals surface area contributed by atoms with Crippen molar-refractivity contribution in [2.24, 2.45) is 7.05 Å². The summed E-state index contributed by atoms with van der Waals surface area (Å²) in [5.74, 6) is 1.10. The Morgan fingerprint density at radius 2 is 1.82 bits per heavy atom. The topological polar surface area (TPSA) is 59.2 Å². The molecule has 2 aromatic heterocycles. The fraction of sp³-hybridized carbons (Fsp3) is 0.381. The average Bonchev–Trinajstić information content (AvgIpc) is 3.32. The van der Waals surface area contributed by atoms with Crippen LogP contribution >= 0.6 is 0 Å². The van der Waals surface area contributed by atoms with Gasteiger partial charge in [0.1, 0.15) is 11.5 Å². The number of aryl methyl sites for hydroxylation is 2. The Balaban J connectivity index is 1.35. The second kappa shape index (κ2) is 7.98. The fourth-order valence-corrected chi connectivity index (χ4v) is 3.64. The highest BCUT2D eigenvalue weighted by Gasteiger charge is 2.24. The molecule has 1 aliphatic rings. The second-order valence-corrected chi connectivity index (χ2v) is 7.21. The van der Waals surface area contributed by atoms with E-state index in [1.54, 1.807) is 4.68 Å². The predicted molar refractivity (Wildman–Crippen MR) is 108 cm³/mol. The maximum Gasteiger partial charge on any atom is 0.272 e. The van der Waals surface area contributed by atoms with E-state index in [2.05, 4.69) is 19.5 Å². The van der Waals surface area contributed by atoms with Crippen LogP contribution in [0.5, 0.6) is 0 Å². The van der Waals surface area contributed by atoms with Crippen molar-refractivity contribution in [2.75, 3.05) is 32.7 Å². The number of aromatic nitrogens is 4. The van der Waals surface area contributed by atoms with Crippen LogP contribution < -0.4 is 0 Å². The summed E-state index contributed by atoms with van der Waals surface area (Å²) in [6.45, 7) is 7.20. The van der Waals surface area contributed by atoms with Crippen LogP contribution in [0.3, 0.4) is 0 Å². The van der Waals surface area contributed by atoms with Gasteiger partial charge < -0.3 is 9.47 Å². The minimum atomic E-state index is 0.0577. The number of carbonyl (C=O) groups is 1. The van der Waals surface area contributed by atoms with Crippen molar-refractivity contribution in [1.82, 2.24) is 29.1 Å². The summed E-state index contributed by atoms with van der Waals surface area (Å²) in [5, 5.41) is 4.53. The summed E-state index contributed by atoms with van der Waals surface area (Å²) in [6, 6.07) is 11.9. The molecule has 3 heterocycles. The van der Waals surface area contributed by atoms with Gasteiger partial charge in [-0.1, -0.05) is 30.3 Å². The zero-order valence-corrected chi connectivity index (χ0v) is 16.5. The number of hydrogen-bond donors (Lipinski definition) is 0. The maximum absolute atomic E-state index is 13.0. The van der Waals surface area contributed by atoms with Gasteiger partial charge >= 0.3 is 0 Å². The summed E-state index contributed by atoms with van der Waals surface area (Å²) in [5.41, 5.74) is 2.50. The van der Waals surface area contributed by atoms with Gasteiger partial charge in [-0.05, 0) is 13.0 Å². The minimum absolute atomic E-state index is 0.0577. The lowest BCUT2D eigenvalue weighted by Crippen LogP contribution is -2.49. The van der Waals surface area contributed by atoms with E-state index >= 15 is 0 Å². The largest absolute Gasteiger partial charge is 0.335 e. The van der Waals surface area contributed by atoms with Crippen molar-refractivity contribution in [3.05, 3.63) is 60.3 Å². The average molecular weight is 378 g/mol. The molecule has 7 nitrogen and oxygen atoms in total. The Morgan fingerprint density at radius 3 is 2.50 bits per heavy atom. The molecule has 3 aromatic rings. The highest BCUT2D eigenvalue weighted by Crippen LogP contribution is 2.19. The molecule has 7 heteroatoms. The van der Waals surface area contributed by atoms with Gasteiger partial charge in [0.05, 0.1) is 5.69 Å². The minimum Gasteiger partial charge on any atom is -0.335 e. The molecule has 0 spiro atoms.